The van der Waals surface area contributed by atoms with Crippen molar-refractivity contribution in [2.24, 2.45) is 0 Å². The van der Waals surface area contributed by atoms with Crippen molar-refractivity contribution in [3.05, 3.63) is 101 Å². The molecule has 1 aromatic carbocycles. The third-order valence-electron chi connectivity index (χ3n) is 4.89. The molecule has 5 aromatic rings. The van der Waals surface area contributed by atoms with E-state index in [1.165, 1.54) is 17.5 Å². The summed E-state index contributed by atoms with van der Waals surface area (Å²) in [6.07, 6.45) is 5.90. The van der Waals surface area contributed by atoms with Crippen molar-refractivity contribution in [1.82, 2.24) is 19.6 Å². The number of thiophene rings is 1. The molecule has 0 spiro atoms. The first-order valence-electron chi connectivity index (χ1n) is 10.0. The second-order valence-electron chi connectivity index (χ2n) is 7.07. The van der Waals surface area contributed by atoms with E-state index in [9.17, 15) is 9.59 Å². The van der Waals surface area contributed by atoms with Gasteiger partial charge in [0, 0.05) is 35.4 Å². The van der Waals surface area contributed by atoms with Gasteiger partial charge in [0.2, 0.25) is 5.78 Å². The lowest BCUT2D eigenvalue weighted by Gasteiger charge is -2.09. The first kappa shape index (κ1) is 20.5. The summed E-state index contributed by atoms with van der Waals surface area (Å²) in [6.45, 7) is 0.124. The second-order valence-corrected chi connectivity index (χ2v) is 8.02. The number of nitrogens with zero attached hydrogens (tertiary/aromatic N) is 4. The maximum Gasteiger partial charge on any atom is 0.411 e. The maximum absolute atomic E-state index is 12.8. The van der Waals surface area contributed by atoms with Gasteiger partial charge in [-0.2, -0.15) is 5.10 Å². The van der Waals surface area contributed by atoms with Crippen LogP contribution in [0.25, 0.3) is 16.9 Å². The molecule has 0 saturated carbocycles. The highest BCUT2D eigenvalue weighted by molar-refractivity contribution is 7.12. The van der Waals surface area contributed by atoms with E-state index in [4.69, 9.17) is 4.74 Å². The van der Waals surface area contributed by atoms with Crippen LogP contribution in [0.3, 0.4) is 0 Å². The normalized spacial score (nSPS) is 10.8. The van der Waals surface area contributed by atoms with Gasteiger partial charge in [0.15, 0.2) is 5.65 Å². The van der Waals surface area contributed by atoms with Crippen molar-refractivity contribution in [3.63, 3.8) is 0 Å². The number of hydrogen-bond donors (Lipinski definition) is 1. The van der Waals surface area contributed by atoms with Crippen LogP contribution in [0.15, 0.2) is 84.8 Å². The minimum atomic E-state index is -0.571. The Morgan fingerprint density at radius 3 is 2.79 bits per heavy atom. The highest BCUT2D eigenvalue weighted by Crippen LogP contribution is 2.25. The van der Waals surface area contributed by atoms with Gasteiger partial charge >= 0.3 is 6.09 Å². The highest BCUT2D eigenvalue weighted by atomic mass is 32.1. The third-order valence-corrected chi connectivity index (χ3v) is 5.76. The highest BCUT2D eigenvalue weighted by Gasteiger charge is 2.18. The van der Waals surface area contributed by atoms with Crippen LogP contribution in [0.4, 0.5) is 10.5 Å². The molecular weight excluding hydrogens is 438 g/mol. The predicted molar refractivity (Wildman–Crippen MR) is 124 cm³/mol. The molecule has 8 nitrogen and oxygen atoms in total. The number of carbonyl (C=O) groups is 2. The Morgan fingerprint density at radius 2 is 1.97 bits per heavy atom. The van der Waals surface area contributed by atoms with Gasteiger partial charge in [-0.1, -0.05) is 24.3 Å². The topological polar surface area (TPSA) is 98.5 Å². The summed E-state index contributed by atoms with van der Waals surface area (Å²) in [6, 6.07) is 16.3. The van der Waals surface area contributed by atoms with E-state index in [0.29, 0.717) is 21.8 Å². The lowest BCUT2D eigenvalue weighted by atomic mass is 10.1. The monoisotopic (exact) mass is 455 g/mol. The molecule has 0 radical (unpaired) electrons. The van der Waals surface area contributed by atoms with E-state index in [-0.39, 0.29) is 12.4 Å². The van der Waals surface area contributed by atoms with Crippen molar-refractivity contribution in [3.8, 4) is 11.3 Å². The van der Waals surface area contributed by atoms with E-state index < -0.39 is 6.09 Å². The largest absolute Gasteiger partial charge is 0.444 e. The summed E-state index contributed by atoms with van der Waals surface area (Å²) >= 11 is 1.38. The Balaban J connectivity index is 1.38. The molecule has 0 unspecified atom stereocenters. The smallest absolute Gasteiger partial charge is 0.411 e. The molecule has 0 aliphatic rings. The summed E-state index contributed by atoms with van der Waals surface area (Å²) in [7, 11) is 0. The number of hydrogen-bond acceptors (Lipinski definition) is 7. The Morgan fingerprint density at radius 1 is 1.03 bits per heavy atom. The lowest BCUT2D eigenvalue weighted by Crippen LogP contribution is -2.13. The van der Waals surface area contributed by atoms with Crippen molar-refractivity contribution in [2.75, 3.05) is 5.32 Å². The second kappa shape index (κ2) is 9.01. The zero-order valence-electron chi connectivity index (χ0n) is 17.2. The summed E-state index contributed by atoms with van der Waals surface area (Å²) < 4.78 is 6.88. The van der Waals surface area contributed by atoms with Gasteiger partial charge in [-0.05, 0) is 35.7 Å². The number of benzene rings is 1. The molecule has 4 heterocycles. The van der Waals surface area contributed by atoms with E-state index in [0.717, 1.165) is 16.8 Å². The molecule has 1 N–H and O–H groups in total. The number of carbonyl (C=O) groups excluding carboxylic acids is 2. The van der Waals surface area contributed by atoms with Gasteiger partial charge in [0.05, 0.1) is 22.3 Å². The minimum Gasteiger partial charge on any atom is -0.444 e. The average Bonchev–Trinajstić information content (AvgIpc) is 3.54. The van der Waals surface area contributed by atoms with Crippen LogP contribution in [0, 0.1) is 0 Å². The van der Waals surface area contributed by atoms with E-state index in [1.54, 1.807) is 47.4 Å². The summed E-state index contributed by atoms with van der Waals surface area (Å²) in [4.78, 5) is 34.0. The molecule has 0 aliphatic heterocycles. The average molecular weight is 455 g/mol. The molecule has 0 bridgehead atoms. The molecule has 0 aliphatic carbocycles. The van der Waals surface area contributed by atoms with E-state index in [1.807, 2.05) is 35.7 Å². The van der Waals surface area contributed by atoms with Crippen molar-refractivity contribution in [1.29, 1.82) is 0 Å². The molecule has 1 amide bonds. The fourth-order valence-corrected chi connectivity index (χ4v) is 4.03. The summed E-state index contributed by atoms with van der Waals surface area (Å²) in [5, 5.41) is 8.99. The number of anilines is 1. The number of ether oxygens (including phenoxy) is 1. The van der Waals surface area contributed by atoms with Crippen LogP contribution in [0.5, 0.6) is 0 Å². The maximum atomic E-state index is 12.8. The standard InChI is InChI=1S/C24H17N5O3S/c30-22(21-7-3-11-33-21)19-14-27-29-20(8-10-26-23(19)29)17-5-1-6-18(12-17)28-24(31)32-15-16-4-2-9-25-13-16/h1-14H,15H2,(H,28,31). The number of pyridine rings is 1. The predicted octanol–water partition coefficient (Wildman–Crippen LogP) is 4.83. The van der Waals surface area contributed by atoms with Crippen molar-refractivity contribution < 1.29 is 14.3 Å². The number of fused-ring (bicyclic) bond motifs is 1. The molecule has 0 saturated heterocycles. The summed E-state index contributed by atoms with van der Waals surface area (Å²) in [5.41, 5.74) is 3.80. The fourth-order valence-electron chi connectivity index (χ4n) is 3.35. The first-order valence-corrected chi connectivity index (χ1v) is 10.9. The third kappa shape index (κ3) is 4.35. The molecule has 0 fully saturated rings. The molecule has 162 valence electrons. The van der Waals surface area contributed by atoms with Gasteiger partial charge in [-0.15, -0.1) is 11.3 Å². The molecule has 33 heavy (non-hydrogen) atoms. The Bertz CT molecular complexity index is 1430. The fraction of sp³-hybridized carbons (Fsp3) is 0.0417. The summed E-state index contributed by atoms with van der Waals surface area (Å²) in [5.74, 6) is -0.114. The van der Waals surface area contributed by atoms with Gasteiger partial charge in [-0.3, -0.25) is 15.1 Å². The van der Waals surface area contributed by atoms with Crippen molar-refractivity contribution in [2.45, 2.75) is 6.61 Å². The van der Waals surface area contributed by atoms with E-state index >= 15 is 0 Å². The lowest BCUT2D eigenvalue weighted by molar-refractivity contribution is 0.104. The van der Waals surface area contributed by atoms with Gasteiger partial charge < -0.3 is 4.74 Å². The van der Waals surface area contributed by atoms with Crippen molar-refractivity contribution >= 4 is 34.5 Å². The molecule has 4 aromatic heterocycles. The number of ketones is 1. The van der Waals surface area contributed by atoms with Gasteiger partial charge in [0.25, 0.3) is 0 Å². The zero-order chi connectivity index (χ0) is 22.6. The number of aromatic nitrogens is 4. The molecule has 0 atom stereocenters. The van der Waals surface area contributed by atoms with Gasteiger partial charge in [-0.25, -0.2) is 14.3 Å². The number of rotatable bonds is 6. The Kier molecular flexibility index (Phi) is 5.61. The minimum absolute atomic E-state index is 0.114. The van der Waals surface area contributed by atoms with Crippen LogP contribution in [0.1, 0.15) is 20.8 Å². The molecular formula is C24H17N5O3S. The van der Waals surface area contributed by atoms with Crippen LogP contribution < -0.4 is 5.32 Å². The molecule has 9 heteroatoms. The van der Waals surface area contributed by atoms with Crippen LogP contribution >= 0.6 is 11.3 Å². The quantitative estimate of drug-likeness (QED) is 0.368. The molecule has 5 rings (SSSR count). The Hall–Kier alpha value is -4.37. The van der Waals surface area contributed by atoms with Crippen LogP contribution in [0.2, 0.25) is 0 Å². The van der Waals surface area contributed by atoms with Gasteiger partial charge in [0.1, 0.15) is 6.61 Å². The van der Waals surface area contributed by atoms with Crippen LogP contribution in [-0.2, 0) is 11.3 Å². The first-order chi connectivity index (χ1) is 16.2. The number of amides is 1. The zero-order valence-corrected chi connectivity index (χ0v) is 18.0. The Labute approximate surface area is 192 Å². The van der Waals surface area contributed by atoms with E-state index in [2.05, 4.69) is 20.4 Å². The van der Waals surface area contributed by atoms with Crippen LogP contribution in [-0.4, -0.2) is 31.5 Å². The SMILES string of the molecule is O=C(Nc1cccc(-c2ccnc3c(C(=O)c4cccs4)cnn23)c1)OCc1cccnc1. The number of nitrogens with one attached hydrogen (secondary N) is 1.